The van der Waals surface area contributed by atoms with Crippen LogP contribution in [0.4, 0.5) is 4.79 Å². The Balaban J connectivity index is 4.27. The fraction of sp³-hybridized carbons (Fsp3) is 0.929. The monoisotopic (exact) mass is 243 g/mol. The van der Waals surface area contributed by atoms with Crippen LogP contribution < -0.4 is 0 Å². The summed E-state index contributed by atoms with van der Waals surface area (Å²) >= 11 is 0. The second-order valence-corrected chi connectivity index (χ2v) is 6.26. The lowest BCUT2D eigenvalue weighted by molar-refractivity contribution is 0.0934. The molecule has 0 aromatic carbocycles. The molecule has 0 spiro atoms. The van der Waals surface area contributed by atoms with E-state index in [1.807, 2.05) is 11.8 Å². The lowest BCUT2D eigenvalue weighted by atomic mass is 9.92. The predicted molar refractivity (Wildman–Crippen MR) is 72.1 cm³/mol. The molecule has 0 aromatic heterocycles. The minimum absolute atomic E-state index is 0.162. The second-order valence-electron chi connectivity index (χ2n) is 6.26. The van der Waals surface area contributed by atoms with Crippen molar-refractivity contribution in [2.75, 3.05) is 19.7 Å². The molecule has 17 heavy (non-hydrogen) atoms. The van der Waals surface area contributed by atoms with E-state index in [0.29, 0.717) is 12.5 Å². The van der Waals surface area contributed by atoms with Gasteiger partial charge in [0, 0.05) is 13.1 Å². The molecule has 0 aliphatic heterocycles. The molecule has 0 heterocycles. The number of amides is 1. The normalized spacial score (nSPS) is 11.7. The van der Waals surface area contributed by atoms with Crippen LogP contribution in [0.25, 0.3) is 0 Å². The fourth-order valence-electron chi connectivity index (χ4n) is 1.45. The average Bonchev–Trinajstić information content (AvgIpc) is 2.18. The summed E-state index contributed by atoms with van der Waals surface area (Å²) in [7, 11) is 0. The zero-order valence-corrected chi connectivity index (χ0v) is 12.4. The maximum Gasteiger partial charge on any atom is 0.409 e. The van der Waals surface area contributed by atoms with Gasteiger partial charge < -0.3 is 9.64 Å². The Kier molecular flexibility index (Phi) is 7.24. The topological polar surface area (TPSA) is 29.5 Å². The van der Waals surface area contributed by atoms with E-state index < -0.39 is 0 Å². The zero-order chi connectivity index (χ0) is 13.5. The van der Waals surface area contributed by atoms with Crippen molar-refractivity contribution in [3.8, 4) is 0 Å². The second kappa shape index (κ2) is 7.57. The molecule has 0 radical (unpaired) electrons. The molecular formula is C14H29NO2. The first-order valence-corrected chi connectivity index (χ1v) is 6.68. The Morgan fingerprint density at radius 2 is 1.88 bits per heavy atom. The molecule has 0 atom stereocenters. The van der Waals surface area contributed by atoms with Crippen LogP contribution in [-0.2, 0) is 4.74 Å². The molecule has 0 aromatic rings. The lowest BCUT2D eigenvalue weighted by Gasteiger charge is -2.27. The van der Waals surface area contributed by atoms with Crippen LogP contribution in [0.15, 0.2) is 0 Å². The molecule has 0 unspecified atom stereocenters. The highest BCUT2D eigenvalue weighted by Crippen LogP contribution is 2.19. The molecule has 3 nitrogen and oxygen atoms in total. The number of nitrogens with zero attached hydrogens (tertiary/aromatic N) is 1. The van der Waals surface area contributed by atoms with Crippen molar-refractivity contribution in [2.24, 2.45) is 11.3 Å². The first kappa shape index (κ1) is 16.3. The summed E-state index contributed by atoms with van der Waals surface area (Å²) in [6, 6.07) is 0. The van der Waals surface area contributed by atoms with E-state index in [0.717, 1.165) is 25.9 Å². The number of carbonyl (C=O) groups excluding carboxylic acids is 1. The largest absolute Gasteiger partial charge is 0.449 e. The van der Waals surface area contributed by atoms with Crippen molar-refractivity contribution in [2.45, 2.75) is 54.4 Å². The van der Waals surface area contributed by atoms with Crippen LogP contribution >= 0.6 is 0 Å². The SMILES string of the molecule is CCCOC(=O)N(CCC(C)(C)C)CC(C)C. The van der Waals surface area contributed by atoms with Gasteiger partial charge in [0.25, 0.3) is 0 Å². The van der Waals surface area contributed by atoms with Gasteiger partial charge in [-0.2, -0.15) is 0 Å². The van der Waals surface area contributed by atoms with Gasteiger partial charge in [0.2, 0.25) is 0 Å². The fourth-order valence-corrected chi connectivity index (χ4v) is 1.45. The molecule has 0 aliphatic carbocycles. The van der Waals surface area contributed by atoms with Crippen LogP contribution in [-0.4, -0.2) is 30.7 Å². The standard InChI is InChI=1S/C14H29NO2/c1-7-10-17-13(16)15(11-12(2)3)9-8-14(4,5)6/h12H,7-11H2,1-6H3. The third-order valence-corrected chi connectivity index (χ3v) is 2.41. The average molecular weight is 243 g/mol. The van der Waals surface area contributed by atoms with E-state index in [4.69, 9.17) is 4.74 Å². The molecule has 0 N–H and O–H groups in total. The minimum Gasteiger partial charge on any atom is -0.449 e. The van der Waals surface area contributed by atoms with Gasteiger partial charge in [0.15, 0.2) is 0 Å². The molecule has 0 bridgehead atoms. The van der Waals surface area contributed by atoms with E-state index in [-0.39, 0.29) is 11.5 Å². The first-order chi connectivity index (χ1) is 7.76. The summed E-state index contributed by atoms with van der Waals surface area (Å²) in [5, 5.41) is 0. The van der Waals surface area contributed by atoms with Crippen molar-refractivity contribution >= 4 is 6.09 Å². The number of rotatable bonds is 6. The molecule has 0 saturated carbocycles. The number of ether oxygens (including phenoxy) is 1. The predicted octanol–water partition coefficient (Wildman–Crippen LogP) is 3.93. The Hall–Kier alpha value is -0.730. The van der Waals surface area contributed by atoms with Gasteiger partial charge in [-0.15, -0.1) is 0 Å². The lowest BCUT2D eigenvalue weighted by Crippen LogP contribution is -2.37. The molecule has 1 amide bonds. The van der Waals surface area contributed by atoms with E-state index in [1.165, 1.54) is 0 Å². The van der Waals surface area contributed by atoms with E-state index >= 15 is 0 Å². The summed E-state index contributed by atoms with van der Waals surface area (Å²) in [4.78, 5) is 13.7. The maximum atomic E-state index is 11.9. The van der Waals surface area contributed by atoms with Gasteiger partial charge in [-0.05, 0) is 24.2 Å². The molecule has 102 valence electrons. The van der Waals surface area contributed by atoms with Crippen LogP contribution in [0.5, 0.6) is 0 Å². The molecular weight excluding hydrogens is 214 g/mol. The molecule has 3 heteroatoms. The highest BCUT2D eigenvalue weighted by Gasteiger charge is 2.19. The third kappa shape index (κ3) is 9.02. The summed E-state index contributed by atoms with van der Waals surface area (Å²) in [5.41, 5.74) is 0.250. The van der Waals surface area contributed by atoms with E-state index in [2.05, 4.69) is 34.6 Å². The van der Waals surface area contributed by atoms with Crippen molar-refractivity contribution in [1.82, 2.24) is 4.90 Å². The van der Waals surface area contributed by atoms with Gasteiger partial charge in [-0.3, -0.25) is 0 Å². The van der Waals surface area contributed by atoms with Gasteiger partial charge in [-0.1, -0.05) is 41.5 Å². The minimum atomic E-state index is -0.162. The van der Waals surface area contributed by atoms with Gasteiger partial charge in [-0.25, -0.2) is 4.79 Å². The van der Waals surface area contributed by atoms with Gasteiger partial charge in [0.05, 0.1) is 6.61 Å². The van der Waals surface area contributed by atoms with E-state index in [1.54, 1.807) is 0 Å². The quantitative estimate of drug-likeness (QED) is 0.707. The first-order valence-electron chi connectivity index (χ1n) is 6.68. The van der Waals surface area contributed by atoms with Crippen LogP contribution in [0.3, 0.4) is 0 Å². The zero-order valence-electron chi connectivity index (χ0n) is 12.4. The molecule has 0 aliphatic rings. The highest BCUT2D eigenvalue weighted by molar-refractivity contribution is 5.67. The Morgan fingerprint density at radius 3 is 2.29 bits per heavy atom. The van der Waals surface area contributed by atoms with Crippen LogP contribution in [0.2, 0.25) is 0 Å². The maximum absolute atomic E-state index is 11.9. The number of hydrogen-bond acceptors (Lipinski definition) is 2. The summed E-state index contributed by atoms with van der Waals surface area (Å²) in [6.45, 7) is 14.9. The van der Waals surface area contributed by atoms with Crippen molar-refractivity contribution < 1.29 is 9.53 Å². The van der Waals surface area contributed by atoms with Crippen molar-refractivity contribution in [1.29, 1.82) is 0 Å². The van der Waals surface area contributed by atoms with Crippen molar-refractivity contribution in [3.05, 3.63) is 0 Å². The van der Waals surface area contributed by atoms with Crippen LogP contribution in [0, 0.1) is 11.3 Å². The van der Waals surface area contributed by atoms with E-state index in [9.17, 15) is 4.79 Å². The summed E-state index contributed by atoms with van der Waals surface area (Å²) in [6.07, 6.45) is 1.71. The molecule has 0 rings (SSSR count). The summed E-state index contributed by atoms with van der Waals surface area (Å²) < 4.78 is 5.21. The Labute approximate surface area is 107 Å². The van der Waals surface area contributed by atoms with Gasteiger partial charge in [0.1, 0.15) is 0 Å². The molecule has 0 fully saturated rings. The Bertz CT molecular complexity index is 219. The van der Waals surface area contributed by atoms with Crippen molar-refractivity contribution in [3.63, 3.8) is 0 Å². The third-order valence-electron chi connectivity index (χ3n) is 2.41. The number of hydrogen-bond donors (Lipinski definition) is 0. The highest BCUT2D eigenvalue weighted by atomic mass is 16.6. The van der Waals surface area contributed by atoms with Crippen LogP contribution in [0.1, 0.15) is 54.4 Å². The molecule has 0 saturated heterocycles. The van der Waals surface area contributed by atoms with Gasteiger partial charge >= 0.3 is 6.09 Å². The summed E-state index contributed by atoms with van der Waals surface area (Å²) in [5.74, 6) is 0.476. The number of carbonyl (C=O) groups is 1. The smallest absolute Gasteiger partial charge is 0.409 e. The Morgan fingerprint density at radius 1 is 1.29 bits per heavy atom.